The van der Waals surface area contributed by atoms with Gasteiger partial charge < -0.3 is 5.73 Å². The van der Waals surface area contributed by atoms with E-state index in [4.69, 9.17) is 5.73 Å². The Balaban J connectivity index is 2.32. The van der Waals surface area contributed by atoms with Gasteiger partial charge in [-0.25, -0.2) is 8.78 Å². The van der Waals surface area contributed by atoms with Crippen molar-refractivity contribution in [2.75, 3.05) is 6.54 Å². The van der Waals surface area contributed by atoms with Crippen molar-refractivity contribution in [3.05, 3.63) is 35.9 Å². The minimum atomic E-state index is -2.65. The van der Waals surface area contributed by atoms with Gasteiger partial charge >= 0.3 is 0 Å². The van der Waals surface area contributed by atoms with E-state index >= 15 is 0 Å². The van der Waals surface area contributed by atoms with Gasteiger partial charge in [0.05, 0.1) is 11.3 Å². The molecule has 2 unspecified atom stereocenters. The van der Waals surface area contributed by atoms with Gasteiger partial charge in [-0.2, -0.15) is 0 Å². The number of hydrogen-bond acceptors (Lipinski definition) is 1. The molecule has 1 saturated carbocycles. The lowest BCUT2D eigenvalue weighted by atomic mass is 10.0. The number of hydrogen-bond donors (Lipinski definition) is 1. The van der Waals surface area contributed by atoms with Crippen LogP contribution in [0.3, 0.4) is 0 Å². The van der Waals surface area contributed by atoms with Crippen molar-refractivity contribution in [3.8, 4) is 0 Å². The van der Waals surface area contributed by atoms with Crippen LogP contribution in [-0.2, 0) is 0 Å². The van der Waals surface area contributed by atoms with Gasteiger partial charge in [0, 0.05) is 6.54 Å². The molecule has 1 nitrogen and oxygen atoms in total. The summed E-state index contributed by atoms with van der Waals surface area (Å²) in [5.41, 5.74) is 5.03. The molecule has 0 saturated heterocycles. The van der Waals surface area contributed by atoms with Crippen LogP contribution in [0.2, 0.25) is 0 Å². The average molecular weight is 197 g/mol. The quantitative estimate of drug-likeness (QED) is 0.774. The minimum absolute atomic E-state index is 0.0273. The fourth-order valence-electron chi connectivity index (χ4n) is 2.06. The Hall–Kier alpha value is -0.960. The second-order valence-corrected chi connectivity index (χ2v) is 4.09. The number of nitrogens with two attached hydrogens (primary N) is 1. The summed E-state index contributed by atoms with van der Waals surface area (Å²) >= 11 is 0. The molecule has 2 N–H and O–H groups in total. The molecule has 1 aromatic carbocycles. The summed E-state index contributed by atoms with van der Waals surface area (Å²) in [6, 6.07) is 8.85. The first-order valence-electron chi connectivity index (χ1n) is 4.67. The number of rotatable bonds is 2. The fraction of sp³-hybridized carbons (Fsp3) is 0.455. The lowest BCUT2D eigenvalue weighted by Gasteiger charge is -2.04. The second kappa shape index (κ2) is 2.76. The van der Waals surface area contributed by atoms with Crippen molar-refractivity contribution >= 4 is 0 Å². The van der Waals surface area contributed by atoms with Crippen molar-refractivity contribution < 1.29 is 8.78 Å². The Bertz CT molecular complexity index is 336. The smallest absolute Gasteiger partial charge is 0.262 e. The zero-order valence-electron chi connectivity index (χ0n) is 8.00. The maximum absolute atomic E-state index is 13.5. The molecule has 0 spiro atoms. The predicted molar refractivity (Wildman–Crippen MR) is 51.3 cm³/mol. The highest BCUT2D eigenvalue weighted by molar-refractivity contribution is 5.37. The summed E-state index contributed by atoms with van der Waals surface area (Å²) in [7, 11) is 0. The predicted octanol–water partition coefficient (Wildman–Crippen LogP) is 2.38. The first kappa shape index (κ1) is 9.59. The molecule has 1 aliphatic rings. The number of halogens is 2. The molecule has 0 aromatic heterocycles. The summed E-state index contributed by atoms with van der Waals surface area (Å²) < 4.78 is 26.9. The van der Waals surface area contributed by atoms with E-state index in [-0.39, 0.29) is 6.54 Å². The Kier molecular flexibility index (Phi) is 1.89. The van der Waals surface area contributed by atoms with Crippen LogP contribution >= 0.6 is 0 Å². The normalized spacial score (nSPS) is 34.1. The first-order chi connectivity index (χ1) is 6.54. The molecule has 0 amide bonds. The molecule has 2 atom stereocenters. The van der Waals surface area contributed by atoms with Crippen LogP contribution in [0, 0.1) is 5.41 Å². The van der Waals surface area contributed by atoms with E-state index in [1.165, 1.54) is 0 Å². The fourth-order valence-corrected chi connectivity index (χ4v) is 2.06. The van der Waals surface area contributed by atoms with Gasteiger partial charge in [0.25, 0.3) is 5.92 Å². The summed E-state index contributed by atoms with van der Waals surface area (Å²) in [6.45, 7) is 1.57. The average Bonchev–Trinajstić information content (AvgIpc) is 2.63. The molecular formula is C11H13F2N. The second-order valence-electron chi connectivity index (χ2n) is 4.09. The standard InChI is InChI=1S/C11H13F2N/c1-10(7-14)9(11(10,12)13)8-5-3-2-4-6-8/h2-6,9H,7,14H2,1H3. The molecule has 0 heterocycles. The van der Waals surface area contributed by atoms with Crippen LogP contribution < -0.4 is 5.73 Å². The third-order valence-corrected chi connectivity index (χ3v) is 3.23. The molecule has 0 radical (unpaired) electrons. The van der Waals surface area contributed by atoms with Crippen LogP contribution in [0.25, 0.3) is 0 Å². The van der Waals surface area contributed by atoms with Crippen molar-refractivity contribution in [3.63, 3.8) is 0 Å². The van der Waals surface area contributed by atoms with Gasteiger partial charge in [-0.3, -0.25) is 0 Å². The highest BCUT2D eigenvalue weighted by Crippen LogP contribution is 2.70. The van der Waals surface area contributed by atoms with Gasteiger partial charge in [-0.15, -0.1) is 0 Å². The van der Waals surface area contributed by atoms with Crippen molar-refractivity contribution in [2.45, 2.75) is 18.8 Å². The maximum atomic E-state index is 13.5. The molecule has 1 aromatic rings. The molecule has 1 fully saturated rings. The van der Waals surface area contributed by atoms with Crippen LogP contribution in [-0.4, -0.2) is 12.5 Å². The molecule has 0 bridgehead atoms. The van der Waals surface area contributed by atoms with Crippen molar-refractivity contribution in [1.29, 1.82) is 0 Å². The Morgan fingerprint density at radius 1 is 1.29 bits per heavy atom. The third-order valence-electron chi connectivity index (χ3n) is 3.23. The SMILES string of the molecule is CC1(CN)C(c2ccccc2)C1(F)F. The highest BCUT2D eigenvalue weighted by atomic mass is 19.3. The number of benzene rings is 1. The summed E-state index contributed by atoms with van der Waals surface area (Å²) in [4.78, 5) is 0. The van der Waals surface area contributed by atoms with Gasteiger partial charge in [-0.1, -0.05) is 37.3 Å². The lowest BCUT2D eigenvalue weighted by molar-refractivity contribution is 0.0697. The van der Waals surface area contributed by atoms with E-state index in [1.807, 2.05) is 6.07 Å². The Morgan fingerprint density at radius 2 is 1.86 bits per heavy atom. The molecule has 2 rings (SSSR count). The van der Waals surface area contributed by atoms with Gasteiger partial charge in [0.2, 0.25) is 0 Å². The Morgan fingerprint density at radius 3 is 2.29 bits per heavy atom. The van der Waals surface area contributed by atoms with Crippen molar-refractivity contribution in [1.82, 2.24) is 0 Å². The van der Waals surface area contributed by atoms with E-state index in [0.29, 0.717) is 5.56 Å². The number of alkyl halides is 2. The summed E-state index contributed by atoms with van der Waals surface area (Å²) in [6.07, 6.45) is 0. The van der Waals surface area contributed by atoms with Crippen molar-refractivity contribution in [2.24, 2.45) is 11.1 Å². The zero-order valence-corrected chi connectivity index (χ0v) is 8.00. The van der Waals surface area contributed by atoms with Crippen LogP contribution in [0.5, 0.6) is 0 Å². The van der Waals surface area contributed by atoms with E-state index in [0.717, 1.165) is 0 Å². The van der Waals surface area contributed by atoms with Crippen LogP contribution in [0.1, 0.15) is 18.4 Å². The van der Waals surface area contributed by atoms with Crippen LogP contribution in [0.4, 0.5) is 8.78 Å². The molecular weight excluding hydrogens is 184 g/mol. The van der Waals surface area contributed by atoms with Gasteiger partial charge in [0.15, 0.2) is 0 Å². The Labute approximate surface area is 81.9 Å². The molecule has 1 aliphatic carbocycles. The van der Waals surface area contributed by atoms with E-state index < -0.39 is 17.3 Å². The molecule has 76 valence electrons. The molecule has 3 heteroatoms. The van der Waals surface area contributed by atoms with Gasteiger partial charge in [0.1, 0.15) is 0 Å². The summed E-state index contributed by atoms with van der Waals surface area (Å²) in [5.74, 6) is -3.36. The maximum Gasteiger partial charge on any atom is 0.262 e. The largest absolute Gasteiger partial charge is 0.330 e. The van der Waals surface area contributed by atoms with E-state index in [9.17, 15) is 8.78 Å². The molecule has 0 aliphatic heterocycles. The zero-order chi connectivity index (χ0) is 10.4. The minimum Gasteiger partial charge on any atom is -0.330 e. The monoisotopic (exact) mass is 197 g/mol. The topological polar surface area (TPSA) is 26.0 Å². The molecule has 14 heavy (non-hydrogen) atoms. The van der Waals surface area contributed by atoms with Crippen LogP contribution in [0.15, 0.2) is 30.3 Å². The third kappa shape index (κ3) is 1.02. The lowest BCUT2D eigenvalue weighted by Crippen LogP contribution is -2.18. The van der Waals surface area contributed by atoms with E-state index in [2.05, 4.69) is 0 Å². The van der Waals surface area contributed by atoms with E-state index in [1.54, 1.807) is 31.2 Å². The van der Waals surface area contributed by atoms with Gasteiger partial charge in [-0.05, 0) is 5.56 Å². The highest BCUT2D eigenvalue weighted by Gasteiger charge is 2.77. The first-order valence-corrected chi connectivity index (χ1v) is 4.67. The summed E-state index contributed by atoms with van der Waals surface area (Å²) in [5, 5.41) is 0.